The van der Waals surface area contributed by atoms with Gasteiger partial charge in [0.2, 0.25) is 0 Å². The molecule has 0 amide bonds. The van der Waals surface area contributed by atoms with Crippen LogP contribution in [0.5, 0.6) is 0 Å². The Labute approximate surface area is 103 Å². The number of anilines is 1. The fourth-order valence-electron chi connectivity index (χ4n) is 1.74. The van der Waals surface area contributed by atoms with Gasteiger partial charge in [-0.05, 0) is 25.0 Å². The molecule has 5 heteroatoms. The Hall–Kier alpha value is -1.88. The first-order chi connectivity index (χ1) is 8.00. The van der Waals surface area contributed by atoms with E-state index in [-0.39, 0.29) is 10.7 Å². The number of carboxylic acid groups (broad SMARTS) is 1. The number of nitrogens with two attached hydrogens (primary N) is 1. The standard InChI is InChI=1S/C12H12N2O2S/c1-6-4-3-5-7(2)8(6)11-14-9(12(15)16)10(13)17-11/h3-5H,13H2,1-2H3,(H,15,16). The zero-order chi connectivity index (χ0) is 12.6. The Kier molecular flexibility index (Phi) is 2.85. The summed E-state index contributed by atoms with van der Waals surface area (Å²) in [5, 5.41) is 9.84. The quantitative estimate of drug-likeness (QED) is 0.856. The second-order valence-electron chi connectivity index (χ2n) is 3.80. The Morgan fingerprint density at radius 2 is 1.94 bits per heavy atom. The van der Waals surface area contributed by atoms with Gasteiger partial charge in [-0.15, -0.1) is 0 Å². The number of aromatic nitrogens is 1. The molecule has 0 spiro atoms. The van der Waals surface area contributed by atoms with Crippen molar-refractivity contribution in [3.8, 4) is 10.6 Å². The largest absolute Gasteiger partial charge is 0.476 e. The molecule has 0 aliphatic heterocycles. The maximum Gasteiger partial charge on any atom is 0.357 e. The van der Waals surface area contributed by atoms with Gasteiger partial charge in [-0.1, -0.05) is 29.5 Å². The van der Waals surface area contributed by atoms with Crippen molar-refractivity contribution in [1.82, 2.24) is 4.98 Å². The average Bonchev–Trinajstić information content (AvgIpc) is 2.60. The fourth-order valence-corrected chi connectivity index (χ4v) is 2.74. The van der Waals surface area contributed by atoms with Crippen LogP contribution >= 0.6 is 11.3 Å². The number of carbonyl (C=O) groups is 1. The van der Waals surface area contributed by atoms with E-state index in [1.54, 1.807) is 0 Å². The van der Waals surface area contributed by atoms with Crippen molar-refractivity contribution in [1.29, 1.82) is 0 Å². The Balaban J connectivity index is 2.62. The minimum Gasteiger partial charge on any atom is -0.476 e. The number of aromatic carboxylic acids is 1. The molecule has 4 nitrogen and oxygen atoms in total. The molecule has 2 aromatic rings. The lowest BCUT2D eigenvalue weighted by Crippen LogP contribution is -2.00. The van der Waals surface area contributed by atoms with Gasteiger partial charge in [0.05, 0.1) is 0 Å². The van der Waals surface area contributed by atoms with Crippen LogP contribution in [0.4, 0.5) is 5.00 Å². The summed E-state index contributed by atoms with van der Waals surface area (Å²) in [5.74, 6) is -1.09. The van der Waals surface area contributed by atoms with Crippen LogP contribution in [0.25, 0.3) is 10.6 Å². The van der Waals surface area contributed by atoms with E-state index in [2.05, 4.69) is 4.98 Å². The third kappa shape index (κ3) is 2.01. The van der Waals surface area contributed by atoms with Crippen LogP contribution in [0.15, 0.2) is 18.2 Å². The lowest BCUT2D eigenvalue weighted by Gasteiger charge is -2.05. The molecular formula is C12H12N2O2S. The van der Waals surface area contributed by atoms with Crippen LogP contribution in [0, 0.1) is 13.8 Å². The number of hydrogen-bond acceptors (Lipinski definition) is 4. The van der Waals surface area contributed by atoms with Gasteiger partial charge >= 0.3 is 5.97 Å². The monoisotopic (exact) mass is 248 g/mol. The zero-order valence-electron chi connectivity index (χ0n) is 9.52. The van der Waals surface area contributed by atoms with Crippen molar-refractivity contribution < 1.29 is 9.90 Å². The molecule has 0 saturated carbocycles. The van der Waals surface area contributed by atoms with Crippen LogP contribution in [-0.2, 0) is 0 Å². The lowest BCUT2D eigenvalue weighted by atomic mass is 10.0. The molecule has 88 valence electrons. The van der Waals surface area contributed by atoms with Crippen LogP contribution in [0.2, 0.25) is 0 Å². The Bertz CT molecular complexity index is 570. The molecule has 3 N–H and O–H groups in total. The number of thiazole rings is 1. The predicted molar refractivity (Wildman–Crippen MR) is 68.4 cm³/mol. The molecule has 0 radical (unpaired) electrons. The van der Waals surface area contributed by atoms with Crippen molar-refractivity contribution >= 4 is 22.3 Å². The number of nitrogens with zero attached hydrogens (tertiary/aromatic N) is 1. The minimum atomic E-state index is -1.09. The molecule has 17 heavy (non-hydrogen) atoms. The second kappa shape index (κ2) is 4.18. The van der Waals surface area contributed by atoms with Gasteiger partial charge in [0.25, 0.3) is 0 Å². The van der Waals surface area contributed by atoms with E-state index in [4.69, 9.17) is 10.8 Å². The molecule has 0 bridgehead atoms. The first-order valence-electron chi connectivity index (χ1n) is 5.07. The summed E-state index contributed by atoms with van der Waals surface area (Å²) < 4.78 is 0. The van der Waals surface area contributed by atoms with Crippen molar-refractivity contribution in [2.24, 2.45) is 0 Å². The third-order valence-electron chi connectivity index (χ3n) is 2.55. The SMILES string of the molecule is Cc1cccc(C)c1-c1nc(C(=O)O)c(N)s1. The van der Waals surface area contributed by atoms with Crippen molar-refractivity contribution in [3.63, 3.8) is 0 Å². The normalized spacial score (nSPS) is 10.5. The number of benzene rings is 1. The molecular weight excluding hydrogens is 236 g/mol. The van der Waals surface area contributed by atoms with Crippen LogP contribution < -0.4 is 5.73 Å². The number of aryl methyl sites for hydroxylation is 2. The number of nitrogen functional groups attached to an aromatic ring is 1. The second-order valence-corrected chi connectivity index (χ2v) is 4.83. The highest BCUT2D eigenvalue weighted by atomic mass is 32.1. The molecule has 0 atom stereocenters. The molecule has 1 heterocycles. The number of carboxylic acids is 1. The van der Waals surface area contributed by atoms with Gasteiger partial charge in [-0.2, -0.15) is 0 Å². The topological polar surface area (TPSA) is 76.2 Å². The van der Waals surface area contributed by atoms with Gasteiger partial charge < -0.3 is 10.8 Å². The maximum absolute atomic E-state index is 10.9. The van der Waals surface area contributed by atoms with Gasteiger partial charge in [-0.25, -0.2) is 9.78 Å². The van der Waals surface area contributed by atoms with Gasteiger partial charge in [-0.3, -0.25) is 0 Å². The van der Waals surface area contributed by atoms with E-state index in [0.717, 1.165) is 16.7 Å². The smallest absolute Gasteiger partial charge is 0.357 e. The summed E-state index contributed by atoms with van der Waals surface area (Å²) in [4.78, 5) is 15.0. The van der Waals surface area contributed by atoms with Crippen LogP contribution in [0.3, 0.4) is 0 Å². The van der Waals surface area contributed by atoms with E-state index in [1.165, 1.54) is 11.3 Å². The minimum absolute atomic E-state index is 0.0624. The van der Waals surface area contributed by atoms with E-state index < -0.39 is 5.97 Å². The van der Waals surface area contributed by atoms with Crippen molar-refractivity contribution in [2.75, 3.05) is 5.73 Å². The summed E-state index contributed by atoms with van der Waals surface area (Å²) in [6, 6.07) is 5.91. The van der Waals surface area contributed by atoms with Crippen molar-refractivity contribution in [3.05, 3.63) is 35.0 Å². The fraction of sp³-hybridized carbons (Fsp3) is 0.167. The summed E-state index contributed by atoms with van der Waals surface area (Å²) in [7, 11) is 0. The summed E-state index contributed by atoms with van der Waals surface area (Å²) in [6.07, 6.45) is 0. The molecule has 0 aliphatic carbocycles. The molecule has 1 aromatic carbocycles. The first-order valence-corrected chi connectivity index (χ1v) is 5.88. The molecule has 0 aliphatic rings. The highest BCUT2D eigenvalue weighted by molar-refractivity contribution is 7.19. The maximum atomic E-state index is 10.9. The summed E-state index contributed by atoms with van der Waals surface area (Å²) in [5.41, 5.74) is 8.69. The summed E-state index contributed by atoms with van der Waals surface area (Å²) in [6.45, 7) is 3.95. The average molecular weight is 248 g/mol. The van der Waals surface area contributed by atoms with Gasteiger partial charge in [0.1, 0.15) is 10.0 Å². The van der Waals surface area contributed by atoms with Gasteiger partial charge in [0, 0.05) is 5.56 Å². The Morgan fingerprint density at radius 1 is 1.35 bits per heavy atom. The predicted octanol–water partition coefficient (Wildman–Crippen LogP) is 2.71. The lowest BCUT2D eigenvalue weighted by molar-refractivity contribution is 0.0692. The highest BCUT2D eigenvalue weighted by Crippen LogP contribution is 2.33. The summed E-state index contributed by atoms with van der Waals surface area (Å²) >= 11 is 1.21. The molecule has 0 saturated heterocycles. The number of rotatable bonds is 2. The van der Waals surface area contributed by atoms with E-state index >= 15 is 0 Å². The van der Waals surface area contributed by atoms with E-state index in [9.17, 15) is 4.79 Å². The molecule has 1 aromatic heterocycles. The van der Waals surface area contributed by atoms with E-state index in [0.29, 0.717) is 5.01 Å². The number of hydrogen-bond donors (Lipinski definition) is 2. The molecule has 2 rings (SSSR count). The van der Waals surface area contributed by atoms with Gasteiger partial charge in [0.15, 0.2) is 5.69 Å². The van der Waals surface area contributed by atoms with E-state index in [1.807, 2.05) is 32.0 Å². The zero-order valence-corrected chi connectivity index (χ0v) is 10.3. The highest BCUT2D eigenvalue weighted by Gasteiger charge is 2.17. The van der Waals surface area contributed by atoms with Crippen molar-refractivity contribution in [2.45, 2.75) is 13.8 Å². The molecule has 0 unspecified atom stereocenters. The third-order valence-corrected chi connectivity index (χ3v) is 3.45. The van der Waals surface area contributed by atoms with Crippen LogP contribution in [-0.4, -0.2) is 16.1 Å². The molecule has 0 fully saturated rings. The first kappa shape index (κ1) is 11.6. The van der Waals surface area contributed by atoms with Crippen LogP contribution in [0.1, 0.15) is 21.6 Å². The Morgan fingerprint density at radius 3 is 2.41 bits per heavy atom.